The highest BCUT2D eigenvalue weighted by atomic mass is 16.5. The zero-order valence-electron chi connectivity index (χ0n) is 17.4. The van der Waals surface area contributed by atoms with Crippen LogP contribution in [0.15, 0.2) is 60.7 Å². The second kappa shape index (κ2) is 11.1. The summed E-state index contributed by atoms with van der Waals surface area (Å²) in [6, 6.07) is 15.3. The fourth-order valence-electron chi connectivity index (χ4n) is 3.01. The van der Waals surface area contributed by atoms with E-state index in [4.69, 9.17) is 4.74 Å². The number of aliphatic hydroxyl groups excluding tert-OH is 1. The first-order valence-corrected chi connectivity index (χ1v) is 9.86. The van der Waals surface area contributed by atoms with Crippen LogP contribution in [0.5, 0.6) is 0 Å². The van der Waals surface area contributed by atoms with Gasteiger partial charge < -0.3 is 20.5 Å². The third-order valence-corrected chi connectivity index (χ3v) is 5.03. The summed E-state index contributed by atoms with van der Waals surface area (Å²) in [4.78, 5) is 37.6. The highest BCUT2D eigenvalue weighted by Crippen LogP contribution is 2.19. The molecule has 7 nitrogen and oxygen atoms in total. The van der Waals surface area contributed by atoms with Crippen molar-refractivity contribution >= 4 is 17.8 Å². The summed E-state index contributed by atoms with van der Waals surface area (Å²) < 4.78 is 4.78. The minimum Gasteiger partial charge on any atom is -0.467 e. The number of aliphatic hydroxyl groups is 1. The van der Waals surface area contributed by atoms with E-state index < -0.39 is 36.0 Å². The molecule has 0 saturated heterocycles. The second-order valence-electron chi connectivity index (χ2n) is 7.07. The number of hydrogen-bond acceptors (Lipinski definition) is 5. The molecule has 0 aliphatic carbocycles. The Kier molecular flexibility index (Phi) is 8.55. The molecular weight excluding hydrogens is 384 g/mol. The van der Waals surface area contributed by atoms with Gasteiger partial charge in [0.15, 0.2) is 6.10 Å². The maximum absolute atomic E-state index is 12.8. The highest BCUT2D eigenvalue weighted by Gasteiger charge is 2.34. The molecule has 3 N–H and O–H groups in total. The average Bonchev–Trinajstić information content (AvgIpc) is 2.80. The first-order valence-electron chi connectivity index (χ1n) is 9.86. The lowest BCUT2D eigenvalue weighted by atomic mass is 9.96. The number of carbonyl (C=O) groups excluding carboxylic acids is 3. The number of carbonyl (C=O) groups is 3. The highest BCUT2D eigenvalue weighted by molar-refractivity contribution is 5.95. The minimum absolute atomic E-state index is 0.192. The monoisotopic (exact) mass is 412 g/mol. The van der Waals surface area contributed by atoms with Gasteiger partial charge in [-0.3, -0.25) is 9.59 Å². The van der Waals surface area contributed by atoms with E-state index in [2.05, 4.69) is 10.6 Å². The third-order valence-electron chi connectivity index (χ3n) is 5.03. The van der Waals surface area contributed by atoms with Crippen LogP contribution in [-0.4, -0.2) is 42.1 Å². The van der Waals surface area contributed by atoms with Gasteiger partial charge in [-0.1, -0.05) is 68.8 Å². The number of hydrogen-bond donors (Lipinski definition) is 3. The molecule has 0 aliphatic heterocycles. The van der Waals surface area contributed by atoms with E-state index >= 15 is 0 Å². The Hall–Kier alpha value is -3.19. The van der Waals surface area contributed by atoms with Crippen LogP contribution >= 0.6 is 0 Å². The molecule has 7 heteroatoms. The average molecular weight is 412 g/mol. The van der Waals surface area contributed by atoms with Crippen LogP contribution in [0.25, 0.3) is 0 Å². The molecule has 2 aromatic rings. The van der Waals surface area contributed by atoms with Crippen LogP contribution in [0, 0.1) is 5.92 Å². The van der Waals surface area contributed by atoms with Crippen molar-refractivity contribution in [2.75, 3.05) is 7.11 Å². The fraction of sp³-hybridized carbons (Fsp3) is 0.348. The Balaban J connectivity index is 2.25. The SMILES string of the molecule is CC[C@H](C)[C@H](NC(=O)[C@H](O)[C@@H](NC(=O)c1ccccc1)c1ccccc1)C(=O)OC. The summed E-state index contributed by atoms with van der Waals surface area (Å²) in [5, 5.41) is 16.1. The lowest BCUT2D eigenvalue weighted by Gasteiger charge is -2.27. The Morgan fingerprint density at radius 1 is 0.967 bits per heavy atom. The number of rotatable bonds is 9. The van der Waals surface area contributed by atoms with Crippen molar-refractivity contribution in [2.45, 2.75) is 38.5 Å². The lowest BCUT2D eigenvalue weighted by Crippen LogP contribution is -2.52. The van der Waals surface area contributed by atoms with Gasteiger partial charge in [0.05, 0.1) is 13.2 Å². The molecule has 2 rings (SSSR count). The number of benzene rings is 2. The molecule has 0 aliphatic rings. The van der Waals surface area contributed by atoms with Gasteiger partial charge in [-0.05, 0) is 23.6 Å². The molecule has 160 valence electrons. The van der Waals surface area contributed by atoms with E-state index in [1.165, 1.54) is 7.11 Å². The normalized spacial score (nSPS) is 14.7. The quantitative estimate of drug-likeness (QED) is 0.548. The van der Waals surface area contributed by atoms with Gasteiger partial charge in [0.2, 0.25) is 0 Å². The van der Waals surface area contributed by atoms with E-state index in [-0.39, 0.29) is 5.92 Å². The van der Waals surface area contributed by atoms with Crippen LogP contribution in [0.4, 0.5) is 0 Å². The molecule has 2 aromatic carbocycles. The molecule has 0 saturated carbocycles. The van der Waals surface area contributed by atoms with Gasteiger partial charge in [-0.2, -0.15) is 0 Å². The van der Waals surface area contributed by atoms with Crippen LogP contribution in [0.2, 0.25) is 0 Å². The lowest BCUT2D eigenvalue weighted by molar-refractivity contribution is -0.148. The number of nitrogens with one attached hydrogen (secondary N) is 2. The predicted molar refractivity (Wildman–Crippen MR) is 112 cm³/mol. The van der Waals surface area contributed by atoms with Crippen molar-refractivity contribution in [3.63, 3.8) is 0 Å². The minimum atomic E-state index is -1.61. The van der Waals surface area contributed by atoms with Crippen LogP contribution < -0.4 is 10.6 Å². The van der Waals surface area contributed by atoms with Gasteiger partial charge in [0.25, 0.3) is 11.8 Å². The summed E-state index contributed by atoms with van der Waals surface area (Å²) in [7, 11) is 1.24. The zero-order valence-corrected chi connectivity index (χ0v) is 17.4. The molecule has 2 amide bonds. The number of ether oxygens (including phenoxy) is 1. The molecule has 0 aromatic heterocycles. The summed E-state index contributed by atoms with van der Waals surface area (Å²) in [6.07, 6.45) is -0.987. The van der Waals surface area contributed by atoms with Crippen molar-refractivity contribution in [3.05, 3.63) is 71.8 Å². The topological polar surface area (TPSA) is 105 Å². The van der Waals surface area contributed by atoms with Gasteiger partial charge >= 0.3 is 5.97 Å². The molecule has 0 spiro atoms. The van der Waals surface area contributed by atoms with Gasteiger partial charge in [0, 0.05) is 5.56 Å². The van der Waals surface area contributed by atoms with Crippen LogP contribution in [0.1, 0.15) is 42.2 Å². The molecule has 4 atom stereocenters. The van der Waals surface area contributed by atoms with Crippen molar-refractivity contribution in [1.82, 2.24) is 10.6 Å². The Morgan fingerprint density at radius 2 is 1.53 bits per heavy atom. The Labute approximate surface area is 176 Å². The van der Waals surface area contributed by atoms with E-state index in [0.717, 1.165) is 0 Å². The maximum atomic E-state index is 12.8. The fourth-order valence-corrected chi connectivity index (χ4v) is 3.01. The van der Waals surface area contributed by atoms with E-state index in [0.29, 0.717) is 17.5 Å². The molecule has 0 bridgehead atoms. The first kappa shape index (κ1) is 23.1. The predicted octanol–water partition coefficient (Wildman–Crippen LogP) is 2.22. The maximum Gasteiger partial charge on any atom is 0.328 e. The largest absolute Gasteiger partial charge is 0.467 e. The number of amides is 2. The van der Waals surface area contributed by atoms with Crippen molar-refractivity contribution in [3.8, 4) is 0 Å². The van der Waals surface area contributed by atoms with E-state index in [9.17, 15) is 19.5 Å². The smallest absolute Gasteiger partial charge is 0.328 e. The van der Waals surface area contributed by atoms with Gasteiger partial charge in [0.1, 0.15) is 6.04 Å². The van der Waals surface area contributed by atoms with Crippen LogP contribution in [-0.2, 0) is 14.3 Å². The first-order chi connectivity index (χ1) is 14.4. The van der Waals surface area contributed by atoms with Gasteiger partial charge in [-0.25, -0.2) is 4.79 Å². The van der Waals surface area contributed by atoms with E-state index in [1.807, 2.05) is 6.92 Å². The summed E-state index contributed by atoms with van der Waals surface area (Å²) in [5.41, 5.74) is 0.959. The third kappa shape index (κ3) is 5.90. The second-order valence-corrected chi connectivity index (χ2v) is 7.07. The molecule has 0 unspecified atom stereocenters. The Bertz CT molecular complexity index is 841. The molecule has 0 radical (unpaired) electrons. The molecule has 30 heavy (non-hydrogen) atoms. The summed E-state index contributed by atoms with van der Waals surface area (Å²) in [5.74, 6) is -1.98. The summed E-state index contributed by atoms with van der Waals surface area (Å²) in [6.45, 7) is 3.69. The molecule has 0 heterocycles. The zero-order chi connectivity index (χ0) is 22.1. The number of methoxy groups -OCH3 is 1. The van der Waals surface area contributed by atoms with Crippen molar-refractivity contribution < 1.29 is 24.2 Å². The molecular formula is C23H28N2O5. The van der Waals surface area contributed by atoms with Crippen molar-refractivity contribution in [1.29, 1.82) is 0 Å². The van der Waals surface area contributed by atoms with Crippen LogP contribution in [0.3, 0.4) is 0 Å². The van der Waals surface area contributed by atoms with E-state index in [1.54, 1.807) is 67.6 Å². The van der Waals surface area contributed by atoms with Crippen molar-refractivity contribution in [2.24, 2.45) is 5.92 Å². The molecule has 0 fully saturated rings. The number of esters is 1. The standard InChI is InChI=1S/C23H28N2O5/c1-4-15(2)18(23(29)30-3)24-22(28)20(26)19(16-11-7-5-8-12-16)25-21(27)17-13-9-6-10-14-17/h5-15,18-20,26H,4H2,1-3H3,(H,24,28)(H,25,27)/t15-,18-,19-,20+/m0/s1. The van der Waals surface area contributed by atoms with Gasteiger partial charge in [-0.15, -0.1) is 0 Å². The summed E-state index contributed by atoms with van der Waals surface area (Å²) >= 11 is 0. The Morgan fingerprint density at radius 3 is 2.07 bits per heavy atom.